The highest BCUT2D eigenvalue weighted by Crippen LogP contribution is 2.20. The Balaban J connectivity index is 2.41. The highest BCUT2D eigenvalue weighted by atomic mass is 16.2. The number of aromatic nitrogens is 2. The molecule has 1 amide bonds. The monoisotopic (exact) mass is 315 g/mol. The summed E-state index contributed by atoms with van der Waals surface area (Å²) >= 11 is 0. The Bertz CT molecular complexity index is 673. The van der Waals surface area contributed by atoms with Crippen LogP contribution < -0.4 is 0 Å². The minimum absolute atomic E-state index is 0.114. The molecule has 0 atom stereocenters. The topological polar surface area (TPSA) is 38.1 Å². The Labute approximate surface area is 139 Å². The van der Waals surface area contributed by atoms with Crippen LogP contribution >= 0.6 is 0 Å². The smallest absolute Gasteiger partial charge is 0.219 e. The van der Waals surface area contributed by atoms with Crippen molar-refractivity contribution in [2.75, 3.05) is 6.54 Å². The minimum Gasteiger partial charge on any atom is -0.335 e. The third-order valence-corrected chi connectivity index (χ3v) is 4.11. The molecule has 0 aliphatic heterocycles. The van der Waals surface area contributed by atoms with Crippen LogP contribution in [0.4, 0.5) is 0 Å². The van der Waals surface area contributed by atoms with Crippen molar-refractivity contribution in [3.63, 3.8) is 0 Å². The summed E-state index contributed by atoms with van der Waals surface area (Å²) < 4.78 is 2.27. The van der Waals surface area contributed by atoms with E-state index in [2.05, 4.69) is 50.5 Å². The zero-order valence-electron chi connectivity index (χ0n) is 15.1. The van der Waals surface area contributed by atoms with Crippen molar-refractivity contribution in [3.05, 3.63) is 29.6 Å². The molecule has 0 aliphatic rings. The Morgan fingerprint density at radius 3 is 2.61 bits per heavy atom. The lowest BCUT2D eigenvalue weighted by Crippen LogP contribution is -2.32. The molecule has 0 fully saturated rings. The Morgan fingerprint density at radius 1 is 1.30 bits per heavy atom. The molecule has 0 bridgehead atoms. The van der Waals surface area contributed by atoms with Crippen LogP contribution in [0.1, 0.15) is 52.4 Å². The molecule has 0 radical (unpaired) electrons. The molecule has 4 nitrogen and oxygen atoms in total. The summed E-state index contributed by atoms with van der Waals surface area (Å²) in [6.07, 6.45) is 2.07. The molecule has 0 N–H and O–H groups in total. The molecular weight excluding hydrogens is 286 g/mol. The van der Waals surface area contributed by atoms with E-state index in [1.807, 2.05) is 4.90 Å². The van der Waals surface area contributed by atoms with Gasteiger partial charge >= 0.3 is 0 Å². The van der Waals surface area contributed by atoms with E-state index in [1.165, 1.54) is 11.1 Å². The standard InChI is InChI=1S/C19H29N3O/c1-6-10-22-18-9-8-16(7-2)11-17(18)20-19(22)13-21(15(5)23)12-14(3)4/h8-9,11,14H,6-7,10,12-13H2,1-5H3. The van der Waals surface area contributed by atoms with Gasteiger partial charge in [0.15, 0.2) is 0 Å². The molecule has 1 aromatic heterocycles. The third kappa shape index (κ3) is 4.12. The van der Waals surface area contributed by atoms with E-state index < -0.39 is 0 Å². The first-order chi connectivity index (χ1) is 11.0. The first-order valence-electron chi connectivity index (χ1n) is 8.69. The number of amides is 1. The fourth-order valence-electron chi connectivity index (χ4n) is 2.95. The summed E-state index contributed by atoms with van der Waals surface area (Å²) in [6.45, 7) is 12.5. The van der Waals surface area contributed by atoms with E-state index in [0.29, 0.717) is 12.5 Å². The van der Waals surface area contributed by atoms with Gasteiger partial charge in [-0.3, -0.25) is 4.79 Å². The first-order valence-corrected chi connectivity index (χ1v) is 8.69. The molecule has 0 unspecified atom stereocenters. The lowest BCUT2D eigenvalue weighted by atomic mass is 10.1. The van der Waals surface area contributed by atoms with Crippen LogP contribution in [0.5, 0.6) is 0 Å². The van der Waals surface area contributed by atoms with Crippen LogP contribution in [0.15, 0.2) is 18.2 Å². The third-order valence-electron chi connectivity index (χ3n) is 4.11. The van der Waals surface area contributed by atoms with Gasteiger partial charge in [-0.15, -0.1) is 0 Å². The van der Waals surface area contributed by atoms with Gasteiger partial charge in [-0.2, -0.15) is 0 Å². The van der Waals surface area contributed by atoms with Crippen molar-refractivity contribution in [1.82, 2.24) is 14.5 Å². The number of carbonyl (C=O) groups is 1. The molecule has 126 valence electrons. The van der Waals surface area contributed by atoms with Gasteiger partial charge in [-0.1, -0.05) is 33.8 Å². The lowest BCUT2D eigenvalue weighted by molar-refractivity contribution is -0.130. The molecule has 0 saturated heterocycles. The molecule has 4 heteroatoms. The quantitative estimate of drug-likeness (QED) is 0.774. The van der Waals surface area contributed by atoms with E-state index in [-0.39, 0.29) is 5.91 Å². The molecule has 23 heavy (non-hydrogen) atoms. The summed E-state index contributed by atoms with van der Waals surface area (Å²) in [7, 11) is 0. The van der Waals surface area contributed by atoms with E-state index >= 15 is 0 Å². The van der Waals surface area contributed by atoms with Crippen LogP contribution in [0, 0.1) is 5.92 Å². The predicted octanol–water partition coefficient (Wildman–Crippen LogP) is 4.01. The van der Waals surface area contributed by atoms with Crippen LogP contribution in [0.2, 0.25) is 0 Å². The average molecular weight is 315 g/mol. The van der Waals surface area contributed by atoms with Crippen molar-refractivity contribution in [1.29, 1.82) is 0 Å². The summed E-state index contributed by atoms with van der Waals surface area (Å²) in [6, 6.07) is 6.52. The summed E-state index contributed by atoms with van der Waals surface area (Å²) in [5.41, 5.74) is 3.52. The number of rotatable bonds is 7. The SMILES string of the molecule is CCCn1c(CN(CC(C)C)C(C)=O)nc2cc(CC)ccc21. The van der Waals surface area contributed by atoms with E-state index in [0.717, 1.165) is 37.3 Å². The highest BCUT2D eigenvalue weighted by Gasteiger charge is 2.17. The van der Waals surface area contributed by atoms with Crippen molar-refractivity contribution in [2.24, 2.45) is 5.92 Å². The second kappa shape index (κ2) is 7.62. The molecule has 2 rings (SSSR count). The van der Waals surface area contributed by atoms with Crippen LogP contribution in [-0.4, -0.2) is 26.9 Å². The normalized spacial score (nSPS) is 11.4. The fourth-order valence-corrected chi connectivity index (χ4v) is 2.95. The predicted molar refractivity (Wildman–Crippen MR) is 95.3 cm³/mol. The zero-order valence-corrected chi connectivity index (χ0v) is 15.1. The van der Waals surface area contributed by atoms with Gasteiger partial charge < -0.3 is 9.47 Å². The Kier molecular flexibility index (Phi) is 5.80. The number of benzene rings is 1. The maximum Gasteiger partial charge on any atom is 0.219 e. The largest absolute Gasteiger partial charge is 0.335 e. The van der Waals surface area contributed by atoms with Crippen LogP contribution in [-0.2, 0) is 24.3 Å². The number of carbonyl (C=O) groups excluding carboxylic acids is 1. The Morgan fingerprint density at radius 2 is 2.04 bits per heavy atom. The van der Waals surface area contributed by atoms with Gasteiger partial charge in [-0.25, -0.2) is 4.98 Å². The summed E-state index contributed by atoms with van der Waals surface area (Å²) in [5, 5.41) is 0. The van der Waals surface area contributed by atoms with Gasteiger partial charge in [0.2, 0.25) is 5.91 Å². The van der Waals surface area contributed by atoms with Gasteiger partial charge in [-0.05, 0) is 36.5 Å². The van der Waals surface area contributed by atoms with Crippen LogP contribution in [0.25, 0.3) is 11.0 Å². The van der Waals surface area contributed by atoms with Crippen molar-refractivity contribution >= 4 is 16.9 Å². The first kappa shape index (κ1) is 17.5. The van der Waals surface area contributed by atoms with Crippen LogP contribution in [0.3, 0.4) is 0 Å². The number of fused-ring (bicyclic) bond motifs is 1. The van der Waals surface area contributed by atoms with E-state index in [9.17, 15) is 4.79 Å². The molecule has 2 aromatic rings. The highest BCUT2D eigenvalue weighted by molar-refractivity contribution is 5.77. The minimum atomic E-state index is 0.114. The lowest BCUT2D eigenvalue weighted by Gasteiger charge is -2.23. The van der Waals surface area contributed by atoms with E-state index in [4.69, 9.17) is 4.98 Å². The van der Waals surface area contributed by atoms with Gasteiger partial charge in [0, 0.05) is 20.0 Å². The fraction of sp³-hybridized carbons (Fsp3) is 0.579. The molecular formula is C19H29N3O. The average Bonchev–Trinajstić information content (AvgIpc) is 2.83. The molecule has 0 aliphatic carbocycles. The molecule has 0 spiro atoms. The van der Waals surface area contributed by atoms with Crippen molar-refractivity contribution in [2.45, 2.75) is 60.5 Å². The number of aryl methyl sites for hydroxylation is 2. The zero-order chi connectivity index (χ0) is 17.0. The number of imidazole rings is 1. The van der Waals surface area contributed by atoms with Crippen molar-refractivity contribution < 1.29 is 4.79 Å². The van der Waals surface area contributed by atoms with E-state index in [1.54, 1.807) is 6.92 Å². The molecule has 1 aromatic carbocycles. The maximum atomic E-state index is 12.0. The summed E-state index contributed by atoms with van der Waals surface area (Å²) in [4.78, 5) is 18.7. The van der Waals surface area contributed by atoms with Crippen molar-refractivity contribution in [3.8, 4) is 0 Å². The number of nitrogens with zero attached hydrogens (tertiary/aromatic N) is 3. The number of hydrogen-bond donors (Lipinski definition) is 0. The van der Waals surface area contributed by atoms with Gasteiger partial charge in [0.05, 0.1) is 17.6 Å². The molecule has 0 saturated carbocycles. The van der Waals surface area contributed by atoms with Gasteiger partial charge in [0.1, 0.15) is 5.82 Å². The molecule has 1 heterocycles. The Hall–Kier alpha value is -1.84. The second-order valence-electron chi connectivity index (χ2n) is 6.65. The number of hydrogen-bond acceptors (Lipinski definition) is 2. The van der Waals surface area contributed by atoms with Gasteiger partial charge in [0.25, 0.3) is 0 Å². The maximum absolute atomic E-state index is 12.0. The second-order valence-corrected chi connectivity index (χ2v) is 6.65. The summed E-state index contributed by atoms with van der Waals surface area (Å²) in [5.74, 6) is 1.56.